The van der Waals surface area contributed by atoms with Gasteiger partial charge in [0.15, 0.2) is 5.43 Å². The van der Waals surface area contributed by atoms with Crippen LogP contribution in [0.15, 0.2) is 41.2 Å². The Morgan fingerprint density at radius 1 is 1.14 bits per heavy atom. The normalized spacial score (nSPS) is 10.5. The van der Waals surface area contributed by atoms with Crippen molar-refractivity contribution in [1.82, 2.24) is 9.88 Å². The third-order valence-electron chi connectivity index (χ3n) is 3.53. The molecular formula is C17H20N2O3. The number of nitrogens with zero attached hydrogens (tertiary/aromatic N) is 1. The summed E-state index contributed by atoms with van der Waals surface area (Å²) in [5.41, 5.74) is 2.56. The second-order valence-corrected chi connectivity index (χ2v) is 5.33. The van der Waals surface area contributed by atoms with Gasteiger partial charge in [-0.2, -0.15) is 0 Å². The highest BCUT2D eigenvalue weighted by Gasteiger charge is 2.07. The molecule has 0 unspecified atom stereocenters. The second-order valence-electron chi connectivity index (χ2n) is 5.33. The van der Waals surface area contributed by atoms with Gasteiger partial charge in [-0.05, 0) is 38.0 Å². The molecule has 0 aliphatic rings. The number of aryl methyl sites for hydroxylation is 2. The van der Waals surface area contributed by atoms with Gasteiger partial charge in [-0.25, -0.2) is 0 Å². The summed E-state index contributed by atoms with van der Waals surface area (Å²) in [5, 5.41) is 12.1. The number of rotatable bonds is 5. The van der Waals surface area contributed by atoms with Gasteiger partial charge in [0, 0.05) is 30.1 Å². The largest absolute Gasteiger partial charge is 0.508 e. The third-order valence-corrected chi connectivity index (χ3v) is 3.53. The fourth-order valence-electron chi connectivity index (χ4n) is 2.35. The molecule has 1 aromatic carbocycles. The second kappa shape index (κ2) is 6.93. The van der Waals surface area contributed by atoms with Crippen molar-refractivity contribution in [1.29, 1.82) is 0 Å². The SMILES string of the molecule is Cc1cc(=O)cc(C)n1CC(=O)NCCc1ccc(O)cc1. The molecule has 22 heavy (non-hydrogen) atoms. The van der Waals surface area contributed by atoms with Gasteiger partial charge >= 0.3 is 0 Å². The molecule has 1 heterocycles. The Morgan fingerprint density at radius 2 is 1.73 bits per heavy atom. The summed E-state index contributed by atoms with van der Waals surface area (Å²) < 4.78 is 1.82. The van der Waals surface area contributed by atoms with Gasteiger partial charge in [-0.15, -0.1) is 0 Å². The summed E-state index contributed by atoms with van der Waals surface area (Å²) in [6, 6.07) is 9.97. The lowest BCUT2D eigenvalue weighted by Gasteiger charge is -2.14. The van der Waals surface area contributed by atoms with Gasteiger partial charge in [0.1, 0.15) is 12.3 Å². The molecule has 0 aliphatic carbocycles. The zero-order valence-electron chi connectivity index (χ0n) is 12.8. The van der Waals surface area contributed by atoms with Crippen molar-refractivity contribution in [3.8, 4) is 5.75 Å². The van der Waals surface area contributed by atoms with E-state index in [1.165, 1.54) is 12.1 Å². The fourth-order valence-corrected chi connectivity index (χ4v) is 2.35. The number of amides is 1. The van der Waals surface area contributed by atoms with Crippen molar-refractivity contribution in [2.24, 2.45) is 0 Å². The van der Waals surface area contributed by atoms with Gasteiger partial charge in [0.2, 0.25) is 5.91 Å². The van der Waals surface area contributed by atoms with Gasteiger partial charge in [0.25, 0.3) is 0 Å². The lowest BCUT2D eigenvalue weighted by atomic mass is 10.1. The molecule has 0 saturated heterocycles. The molecule has 0 bridgehead atoms. The van der Waals surface area contributed by atoms with E-state index >= 15 is 0 Å². The smallest absolute Gasteiger partial charge is 0.239 e. The predicted octanol–water partition coefficient (Wildman–Crippen LogP) is 1.53. The first-order valence-corrected chi connectivity index (χ1v) is 7.18. The number of hydrogen-bond acceptors (Lipinski definition) is 3. The van der Waals surface area contributed by atoms with Crippen molar-refractivity contribution >= 4 is 5.91 Å². The Kier molecular flexibility index (Phi) is 4.99. The van der Waals surface area contributed by atoms with E-state index in [0.29, 0.717) is 13.0 Å². The number of carbonyl (C=O) groups is 1. The summed E-state index contributed by atoms with van der Waals surface area (Å²) in [4.78, 5) is 23.4. The summed E-state index contributed by atoms with van der Waals surface area (Å²) >= 11 is 0. The highest BCUT2D eigenvalue weighted by atomic mass is 16.3. The van der Waals surface area contributed by atoms with Crippen molar-refractivity contribution in [2.45, 2.75) is 26.8 Å². The Labute approximate surface area is 129 Å². The topological polar surface area (TPSA) is 71.3 Å². The average Bonchev–Trinajstić information content (AvgIpc) is 2.45. The van der Waals surface area contributed by atoms with Crippen LogP contribution in [0.4, 0.5) is 0 Å². The number of pyridine rings is 1. The van der Waals surface area contributed by atoms with Crippen LogP contribution in [0.25, 0.3) is 0 Å². The van der Waals surface area contributed by atoms with Crippen LogP contribution in [0.2, 0.25) is 0 Å². The number of phenolic OH excluding ortho intramolecular Hbond substituents is 1. The van der Waals surface area contributed by atoms with Gasteiger partial charge in [-0.3, -0.25) is 9.59 Å². The number of aromatic hydroxyl groups is 1. The molecule has 5 heteroatoms. The molecule has 0 radical (unpaired) electrons. The standard InChI is InChI=1S/C17H20N2O3/c1-12-9-16(21)10-13(2)19(12)11-17(22)18-8-7-14-3-5-15(20)6-4-14/h3-6,9-10,20H,7-8,11H2,1-2H3,(H,18,22). The molecule has 0 aliphatic heterocycles. The quantitative estimate of drug-likeness (QED) is 0.879. The summed E-state index contributed by atoms with van der Waals surface area (Å²) in [7, 11) is 0. The zero-order valence-corrected chi connectivity index (χ0v) is 12.8. The van der Waals surface area contributed by atoms with Crippen LogP contribution in [0.1, 0.15) is 17.0 Å². The number of phenols is 1. The maximum Gasteiger partial charge on any atom is 0.239 e. The number of aromatic nitrogens is 1. The van der Waals surface area contributed by atoms with Crippen LogP contribution in [-0.2, 0) is 17.8 Å². The van der Waals surface area contributed by atoms with Crippen molar-refractivity contribution < 1.29 is 9.90 Å². The minimum atomic E-state index is -0.0892. The van der Waals surface area contributed by atoms with Crippen molar-refractivity contribution in [3.05, 3.63) is 63.6 Å². The Morgan fingerprint density at radius 3 is 2.32 bits per heavy atom. The van der Waals surface area contributed by atoms with Crippen LogP contribution in [0.3, 0.4) is 0 Å². The Balaban J connectivity index is 1.88. The van der Waals surface area contributed by atoms with Crippen LogP contribution in [0.5, 0.6) is 5.75 Å². The van der Waals surface area contributed by atoms with E-state index in [1.807, 2.05) is 30.5 Å². The van der Waals surface area contributed by atoms with E-state index in [9.17, 15) is 14.7 Å². The Bertz CT molecular complexity index is 691. The summed E-state index contributed by atoms with van der Waals surface area (Å²) in [6.45, 7) is 4.37. The van der Waals surface area contributed by atoms with Crippen LogP contribution >= 0.6 is 0 Å². The molecule has 1 aromatic heterocycles. The molecule has 5 nitrogen and oxygen atoms in total. The first kappa shape index (κ1) is 15.8. The lowest BCUT2D eigenvalue weighted by Crippen LogP contribution is -2.31. The molecule has 0 fully saturated rings. The lowest BCUT2D eigenvalue weighted by molar-refractivity contribution is -0.121. The maximum atomic E-state index is 12.0. The third kappa shape index (κ3) is 4.22. The Hall–Kier alpha value is -2.56. The molecule has 0 spiro atoms. The van der Waals surface area contributed by atoms with Crippen LogP contribution in [0, 0.1) is 13.8 Å². The monoisotopic (exact) mass is 300 g/mol. The van der Waals surface area contributed by atoms with E-state index in [4.69, 9.17) is 0 Å². The molecule has 2 rings (SSSR count). The van der Waals surface area contributed by atoms with Crippen molar-refractivity contribution in [2.75, 3.05) is 6.54 Å². The number of hydrogen-bond donors (Lipinski definition) is 2. The van der Waals surface area contributed by atoms with Gasteiger partial charge in [-0.1, -0.05) is 12.1 Å². The fraction of sp³-hybridized carbons (Fsp3) is 0.294. The molecule has 116 valence electrons. The molecular weight excluding hydrogens is 280 g/mol. The van der Waals surface area contributed by atoms with Crippen molar-refractivity contribution in [3.63, 3.8) is 0 Å². The molecule has 0 atom stereocenters. The van der Waals surface area contributed by atoms with Gasteiger partial charge < -0.3 is 15.0 Å². The summed E-state index contributed by atoms with van der Waals surface area (Å²) in [5.74, 6) is 0.144. The van der Waals surface area contributed by atoms with E-state index in [1.54, 1.807) is 12.1 Å². The van der Waals surface area contributed by atoms with E-state index in [0.717, 1.165) is 17.0 Å². The first-order chi connectivity index (χ1) is 10.5. The number of carbonyl (C=O) groups excluding carboxylic acids is 1. The minimum absolute atomic E-state index is 0.0426. The predicted molar refractivity (Wildman–Crippen MR) is 85.0 cm³/mol. The number of nitrogens with one attached hydrogen (secondary N) is 1. The van der Waals surface area contributed by atoms with E-state index in [2.05, 4.69) is 5.32 Å². The first-order valence-electron chi connectivity index (χ1n) is 7.18. The molecule has 1 amide bonds. The molecule has 2 N–H and O–H groups in total. The van der Waals surface area contributed by atoms with Crippen LogP contribution < -0.4 is 10.7 Å². The number of benzene rings is 1. The maximum absolute atomic E-state index is 12.0. The average molecular weight is 300 g/mol. The highest BCUT2D eigenvalue weighted by Crippen LogP contribution is 2.09. The van der Waals surface area contributed by atoms with Crippen LogP contribution in [-0.4, -0.2) is 22.1 Å². The van der Waals surface area contributed by atoms with E-state index in [-0.39, 0.29) is 23.6 Å². The van der Waals surface area contributed by atoms with E-state index < -0.39 is 0 Å². The summed E-state index contributed by atoms with van der Waals surface area (Å²) in [6.07, 6.45) is 0.703. The molecule has 2 aromatic rings. The van der Waals surface area contributed by atoms with Gasteiger partial charge in [0.05, 0.1) is 0 Å². The molecule has 0 saturated carbocycles. The highest BCUT2D eigenvalue weighted by molar-refractivity contribution is 5.75. The zero-order chi connectivity index (χ0) is 16.1. The minimum Gasteiger partial charge on any atom is -0.508 e.